The normalized spacial score (nSPS) is 21.8. The van der Waals surface area contributed by atoms with Gasteiger partial charge in [0.15, 0.2) is 0 Å². The summed E-state index contributed by atoms with van der Waals surface area (Å²) >= 11 is 1.53. The number of aromatic nitrogens is 1. The fraction of sp³-hybridized carbons (Fsp3) is 0.643. The maximum Gasteiger partial charge on any atom is 0.133 e. The van der Waals surface area contributed by atoms with Crippen molar-refractivity contribution in [3.63, 3.8) is 0 Å². The summed E-state index contributed by atoms with van der Waals surface area (Å²) < 4.78 is 0. The van der Waals surface area contributed by atoms with Crippen LogP contribution in [0.5, 0.6) is 0 Å². The molecular formula is C14H20N4S. The summed E-state index contributed by atoms with van der Waals surface area (Å²) in [5.74, 6) is -0.296. The SMILES string of the molecule is CCN1CCC[C@H]1CN=CC(C#N)c1nc(C)cs1. The number of likely N-dealkylation sites (tertiary alicyclic amines) is 1. The first-order chi connectivity index (χ1) is 9.24. The lowest BCUT2D eigenvalue weighted by atomic mass is 10.2. The van der Waals surface area contributed by atoms with Gasteiger partial charge in [0.05, 0.1) is 12.6 Å². The second kappa shape index (κ2) is 6.78. The molecule has 2 rings (SSSR count). The van der Waals surface area contributed by atoms with Crippen molar-refractivity contribution in [1.82, 2.24) is 9.88 Å². The molecule has 0 radical (unpaired) electrons. The summed E-state index contributed by atoms with van der Waals surface area (Å²) in [7, 11) is 0. The third-order valence-electron chi connectivity index (χ3n) is 3.52. The molecule has 102 valence electrons. The maximum absolute atomic E-state index is 9.19. The van der Waals surface area contributed by atoms with Gasteiger partial charge in [0.1, 0.15) is 10.9 Å². The molecule has 0 aromatic carbocycles. The van der Waals surface area contributed by atoms with Gasteiger partial charge in [0.2, 0.25) is 0 Å². The van der Waals surface area contributed by atoms with Crippen LogP contribution in [0.2, 0.25) is 0 Å². The van der Waals surface area contributed by atoms with Gasteiger partial charge in [-0.2, -0.15) is 5.26 Å². The number of aliphatic imine (C=N–C) groups is 1. The van der Waals surface area contributed by atoms with Crippen LogP contribution in [0.1, 0.15) is 36.4 Å². The van der Waals surface area contributed by atoms with Crippen molar-refractivity contribution in [2.24, 2.45) is 4.99 Å². The smallest absolute Gasteiger partial charge is 0.133 e. The molecule has 5 heteroatoms. The van der Waals surface area contributed by atoms with E-state index in [1.54, 1.807) is 6.21 Å². The minimum atomic E-state index is -0.296. The van der Waals surface area contributed by atoms with Crippen molar-refractivity contribution in [2.45, 2.75) is 38.6 Å². The Labute approximate surface area is 118 Å². The molecule has 2 atom stereocenters. The highest BCUT2D eigenvalue weighted by molar-refractivity contribution is 7.09. The molecule has 0 bridgehead atoms. The Morgan fingerprint density at radius 1 is 1.74 bits per heavy atom. The number of likely N-dealkylation sites (N-methyl/N-ethyl adjacent to an activating group) is 1. The van der Waals surface area contributed by atoms with Gasteiger partial charge in [-0.3, -0.25) is 9.89 Å². The zero-order chi connectivity index (χ0) is 13.7. The summed E-state index contributed by atoms with van der Waals surface area (Å²) in [6, 6.07) is 2.82. The van der Waals surface area contributed by atoms with Crippen molar-refractivity contribution < 1.29 is 0 Å². The molecule has 0 N–H and O–H groups in total. The zero-order valence-corrected chi connectivity index (χ0v) is 12.4. The fourth-order valence-corrected chi connectivity index (χ4v) is 3.27. The molecule has 1 unspecified atom stereocenters. The number of hydrogen-bond acceptors (Lipinski definition) is 5. The van der Waals surface area contributed by atoms with E-state index < -0.39 is 0 Å². The van der Waals surface area contributed by atoms with E-state index in [0.717, 1.165) is 23.8 Å². The minimum Gasteiger partial charge on any atom is -0.299 e. The van der Waals surface area contributed by atoms with Crippen LogP contribution in [0.3, 0.4) is 0 Å². The molecule has 1 aliphatic rings. The average molecular weight is 276 g/mol. The van der Waals surface area contributed by atoms with E-state index in [4.69, 9.17) is 0 Å². The van der Waals surface area contributed by atoms with Gasteiger partial charge in [-0.25, -0.2) is 4.98 Å². The summed E-state index contributed by atoms with van der Waals surface area (Å²) in [6.07, 6.45) is 4.25. The van der Waals surface area contributed by atoms with E-state index in [9.17, 15) is 5.26 Å². The van der Waals surface area contributed by atoms with Crippen LogP contribution in [0, 0.1) is 18.3 Å². The molecule has 1 aromatic rings. The summed E-state index contributed by atoms with van der Waals surface area (Å²) in [4.78, 5) is 11.3. The van der Waals surface area contributed by atoms with Crippen LogP contribution >= 0.6 is 11.3 Å². The summed E-state index contributed by atoms with van der Waals surface area (Å²) in [5.41, 5.74) is 0.974. The third kappa shape index (κ3) is 3.62. The Balaban J connectivity index is 1.92. The molecule has 4 nitrogen and oxygen atoms in total. The minimum absolute atomic E-state index is 0.296. The van der Waals surface area contributed by atoms with Crippen molar-refractivity contribution in [3.8, 4) is 6.07 Å². The Kier molecular flexibility index (Phi) is 5.06. The molecule has 0 spiro atoms. The highest BCUT2D eigenvalue weighted by Gasteiger charge is 2.22. The largest absolute Gasteiger partial charge is 0.299 e. The molecule has 19 heavy (non-hydrogen) atoms. The first-order valence-electron chi connectivity index (χ1n) is 6.80. The van der Waals surface area contributed by atoms with E-state index in [-0.39, 0.29) is 5.92 Å². The van der Waals surface area contributed by atoms with Crippen LogP contribution in [0.25, 0.3) is 0 Å². The number of rotatable bonds is 5. The van der Waals surface area contributed by atoms with E-state index in [0.29, 0.717) is 6.04 Å². The number of hydrogen-bond donors (Lipinski definition) is 0. The van der Waals surface area contributed by atoms with Gasteiger partial charge in [-0.05, 0) is 32.9 Å². The van der Waals surface area contributed by atoms with Crippen molar-refractivity contribution in [3.05, 3.63) is 16.1 Å². The van der Waals surface area contributed by atoms with E-state index in [1.165, 1.54) is 30.7 Å². The van der Waals surface area contributed by atoms with Gasteiger partial charge in [0.25, 0.3) is 0 Å². The van der Waals surface area contributed by atoms with Gasteiger partial charge in [-0.15, -0.1) is 11.3 Å². The lowest BCUT2D eigenvalue weighted by Crippen LogP contribution is -2.31. The first-order valence-corrected chi connectivity index (χ1v) is 7.68. The topological polar surface area (TPSA) is 52.3 Å². The quantitative estimate of drug-likeness (QED) is 0.777. The van der Waals surface area contributed by atoms with Crippen molar-refractivity contribution in [1.29, 1.82) is 5.26 Å². The zero-order valence-electron chi connectivity index (χ0n) is 11.5. The second-order valence-corrected chi connectivity index (χ2v) is 5.76. The molecule has 0 amide bonds. The van der Waals surface area contributed by atoms with Gasteiger partial charge < -0.3 is 0 Å². The number of nitriles is 1. The van der Waals surface area contributed by atoms with Crippen molar-refractivity contribution >= 4 is 17.6 Å². The summed E-state index contributed by atoms with van der Waals surface area (Å²) in [6.45, 7) is 7.22. The highest BCUT2D eigenvalue weighted by atomic mass is 32.1. The molecular weight excluding hydrogens is 256 g/mol. The first kappa shape index (κ1) is 14.2. The monoisotopic (exact) mass is 276 g/mol. The highest BCUT2D eigenvalue weighted by Crippen LogP contribution is 2.19. The molecule has 0 saturated carbocycles. The Hall–Kier alpha value is -1.25. The van der Waals surface area contributed by atoms with E-state index in [2.05, 4.69) is 27.9 Å². The molecule has 0 aliphatic carbocycles. The van der Waals surface area contributed by atoms with E-state index in [1.807, 2.05) is 12.3 Å². The number of thiazole rings is 1. The van der Waals surface area contributed by atoms with Crippen LogP contribution in [0.4, 0.5) is 0 Å². The van der Waals surface area contributed by atoms with E-state index >= 15 is 0 Å². The Morgan fingerprint density at radius 3 is 3.21 bits per heavy atom. The van der Waals surface area contributed by atoms with Crippen LogP contribution in [-0.2, 0) is 0 Å². The summed E-state index contributed by atoms with van der Waals surface area (Å²) in [5, 5.41) is 12.0. The van der Waals surface area contributed by atoms with Crippen LogP contribution in [-0.4, -0.2) is 41.8 Å². The lowest BCUT2D eigenvalue weighted by molar-refractivity contribution is 0.273. The average Bonchev–Trinajstić information content (AvgIpc) is 3.03. The number of nitrogens with zero attached hydrogens (tertiary/aromatic N) is 4. The third-order valence-corrected chi connectivity index (χ3v) is 4.56. The molecule has 1 saturated heterocycles. The Bertz CT molecular complexity index is 474. The second-order valence-electron chi connectivity index (χ2n) is 4.87. The standard InChI is InChI=1S/C14H20N4S/c1-3-18-6-4-5-13(18)9-16-8-12(7-15)14-17-11(2)10-19-14/h8,10,12-13H,3-6,9H2,1-2H3/t12?,13-/m0/s1. The van der Waals surface area contributed by atoms with Crippen LogP contribution in [0.15, 0.2) is 10.4 Å². The van der Waals surface area contributed by atoms with Gasteiger partial charge in [0, 0.05) is 23.3 Å². The fourth-order valence-electron chi connectivity index (χ4n) is 2.47. The van der Waals surface area contributed by atoms with Gasteiger partial charge in [-0.1, -0.05) is 6.92 Å². The lowest BCUT2D eigenvalue weighted by Gasteiger charge is -2.20. The molecule has 1 fully saturated rings. The predicted octanol–water partition coefficient (Wildman–Crippen LogP) is 2.61. The maximum atomic E-state index is 9.19. The Morgan fingerprint density at radius 2 is 2.58 bits per heavy atom. The van der Waals surface area contributed by atoms with Crippen molar-refractivity contribution in [2.75, 3.05) is 19.6 Å². The number of aryl methyl sites for hydroxylation is 1. The predicted molar refractivity (Wildman–Crippen MR) is 78.8 cm³/mol. The molecule has 1 aliphatic heterocycles. The van der Waals surface area contributed by atoms with Crippen LogP contribution < -0.4 is 0 Å². The molecule has 1 aromatic heterocycles. The molecule has 2 heterocycles. The van der Waals surface area contributed by atoms with Gasteiger partial charge >= 0.3 is 0 Å².